The number of alkyl halides is 3. The van der Waals surface area contributed by atoms with Crippen LogP contribution >= 0.6 is 0 Å². The molecular formula is C17H21F3N2O4. The minimum atomic E-state index is -5.06. The maximum Gasteiger partial charge on any atom is 0.471 e. The van der Waals surface area contributed by atoms with Crippen LogP contribution in [0.1, 0.15) is 25.3 Å². The van der Waals surface area contributed by atoms with Gasteiger partial charge in [0.2, 0.25) is 0 Å². The zero-order valence-corrected chi connectivity index (χ0v) is 14.3. The third kappa shape index (κ3) is 5.43. The van der Waals surface area contributed by atoms with Crippen molar-refractivity contribution < 1.29 is 32.3 Å². The fourth-order valence-electron chi connectivity index (χ4n) is 2.75. The smallest absolute Gasteiger partial charge is 0.464 e. The molecule has 1 amide bonds. The van der Waals surface area contributed by atoms with E-state index in [1.165, 1.54) is 0 Å². The van der Waals surface area contributed by atoms with Gasteiger partial charge >= 0.3 is 18.1 Å². The first kappa shape index (κ1) is 20.2. The Bertz CT molecular complexity index is 610. The maximum atomic E-state index is 12.9. The van der Waals surface area contributed by atoms with Crippen molar-refractivity contribution in [2.75, 3.05) is 13.2 Å². The summed E-state index contributed by atoms with van der Waals surface area (Å²) in [5.41, 5.74) is 3.58. The predicted molar refractivity (Wildman–Crippen MR) is 85.6 cm³/mol. The maximum absolute atomic E-state index is 12.9. The van der Waals surface area contributed by atoms with Gasteiger partial charge in [0.05, 0.1) is 13.2 Å². The van der Waals surface area contributed by atoms with Crippen LogP contribution in [0.15, 0.2) is 30.3 Å². The van der Waals surface area contributed by atoms with Gasteiger partial charge in [-0.15, -0.1) is 0 Å². The van der Waals surface area contributed by atoms with E-state index in [-0.39, 0.29) is 26.2 Å². The number of hydrogen-bond acceptors (Lipinski definition) is 5. The number of piperidine rings is 1. The summed E-state index contributed by atoms with van der Waals surface area (Å²) < 4.78 is 43.4. The molecule has 1 aliphatic rings. The second-order valence-electron chi connectivity index (χ2n) is 5.89. The molecule has 9 heteroatoms. The van der Waals surface area contributed by atoms with Crippen LogP contribution in [-0.4, -0.2) is 48.2 Å². The highest BCUT2D eigenvalue weighted by molar-refractivity contribution is 5.88. The van der Waals surface area contributed by atoms with E-state index in [4.69, 9.17) is 9.57 Å². The predicted octanol–water partition coefficient (Wildman–Crippen LogP) is 2.19. The number of nitrogens with zero attached hydrogens (tertiary/aromatic N) is 1. The van der Waals surface area contributed by atoms with Crippen molar-refractivity contribution in [1.29, 1.82) is 0 Å². The molecule has 0 aromatic heterocycles. The molecule has 1 aromatic rings. The van der Waals surface area contributed by atoms with Crippen LogP contribution in [0.4, 0.5) is 13.2 Å². The molecule has 1 aliphatic heterocycles. The van der Waals surface area contributed by atoms with Crippen molar-refractivity contribution in [3.63, 3.8) is 0 Å². The molecule has 0 spiro atoms. The minimum absolute atomic E-state index is 0.0330. The fraction of sp³-hybridized carbons (Fsp3) is 0.529. The summed E-state index contributed by atoms with van der Waals surface area (Å²) in [5, 5.41) is 0. The Labute approximate surface area is 149 Å². The highest BCUT2D eigenvalue weighted by atomic mass is 19.4. The van der Waals surface area contributed by atoms with Crippen LogP contribution < -0.4 is 5.48 Å². The standard InChI is InChI=1S/C17H21F3N2O4/c1-2-25-15(23)14-9-8-13(10-22(14)16(24)17(18,19)20)21-26-11-12-6-4-3-5-7-12/h3-7,13-14,21H,2,8-11H2,1H3/t13-,14-/m1/s1. The van der Waals surface area contributed by atoms with Crippen molar-refractivity contribution in [3.05, 3.63) is 35.9 Å². The zero-order chi connectivity index (χ0) is 19.2. The van der Waals surface area contributed by atoms with E-state index >= 15 is 0 Å². The number of benzene rings is 1. The van der Waals surface area contributed by atoms with E-state index in [0.717, 1.165) is 5.56 Å². The number of ether oxygens (including phenoxy) is 1. The van der Waals surface area contributed by atoms with Gasteiger partial charge in [0.1, 0.15) is 6.04 Å². The third-order valence-electron chi connectivity index (χ3n) is 3.98. The highest BCUT2D eigenvalue weighted by Crippen LogP contribution is 2.26. The summed E-state index contributed by atoms with van der Waals surface area (Å²) >= 11 is 0. The number of carbonyl (C=O) groups is 2. The van der Waals surface area contributed by atoms with Gasteiger partial charge in [-0.25, -0.2) is 4.79 Å². The lowest BCUT2D eigenvalue weighted by Crippen LogP contribution is -2.58. The van der Waals surface area contributed by atoms with Crippen LogP contribution in [0.5, 0.6) is 0 Å². The molecule has 0 unspecified atom stereocenters. The van der Waals surface area contributed by atoms with Crippen LogP contribution in [0.3, 0.4) is 0 Å². The summed E-state index contributed by atoms with van der Waals surface area (Å²) in [6, 6.07) is 7.47. The highest BCUT2D eigenvalue weighted by Gasteiger charge is 2.48. The second kappa shape index (κ2) is 9.00. The molecule has 1 N–H and O–H groups in total. The average Bonchev–Trinajstić information content (AvgIpc) is 2.61. The van der Waals surface area contributed by atoms with Gasteiger partial charge in [0, 0.05) is 12.6 Å². The van der Waals surface area contributed by atoms with Crippen LogP contribution in [-0.2, 0) is 25.8 Å². The lowest BCUT2D eigenvalue weighted by molar-refractivity contribution is -0.193. The van der Waals surface area contributed by atoms with Gasteiger partial charge in [0.15, 0.2) is 0 Å². The largest absolute Gasteiger partial charge is 0.471 e. The van der Waals surface area contributed by atoms with Gasteiger partial charge in [-0.05, 0) is 25.3 Å². The summed E-state index contributed by atoms with van der Waals surface area (Å²) in [5.74, 6) is -2.88. The van der Waals surface area contributed by atoms with Crippen molar-refractivity contribution in [3.8, 4) is 0 Å². The summed E-state index contributed by atoms with van der Waals surface area (Å²) in [4.78, 5) is 29.5. The lowest BCUT2D eigenvalue weighted by Gasteiger charge is -2.38. The number of carbonyl (C=O) groups excluding carboxylic acids is 2. The molecule has 1 fully saturated rings. The summed E-state index contributed by atoms with van der Waals surface area (Å²) in [7, 11) is 0. The van der Waals surface area contributed by atoms with Crippen LogP contribution in [0.2, 0.25) is 0 Å². The Balaban J connectivity index is 1.97. The number of halogens is 3. The van der Waals surface area contributed by atoms with Gasteiger partial charge in [-0.1, -0.05) is 30.3 Å². The van der Waals surface area contributed by atoms with E-state index in [0.29, 0.717) is 11.3 Å². The monoisotopic (exact) mass is 374 g/mol. The SMILES string of the molecule is CCOC(=O)[C@H]1CC[C@@H](NOCc2ccccc2)CN1C(=O)C(F)(F)F. The molecule has 1 heterocycles. The topological polar surface area (TPSA) is 67.9 Å². The fourth-order valence-corrected chi connectivity index (χ4v) is 2.75. The van der Waals surface area contributed by atoms with Gasteiger partial charge < -0.3 is 9.64 Å². The number of nitrogens with one attached hydrogen (secondary N) is 1. The molecular weight excluding hydrogens is 353 g/mol. The molecule has 2 rings (SSSR count). The Morgan fingerprint density at radius 2 is 1.92 bits per heavy atom. The van der Waals surface area contributed by atoms with Crippen molar-refractivity contribution in [2.24, 2.45) is 0 Å². The number of likely N-dealkylation sites (tertiary alicyclic amines) is 1. The zero-order valence-electron chi connectivity index (χ0n) is 14.3. The van der Waals surface area contributed by atoms with Crippen molar-refractivity contribution >= 4 is 11.9 Å². The molecule has 26 heavy (non-hydrogen) atoms. The molecule has 1 saturated heterocycles. The quantitative estimate of drug-likeness (QED) is 0.611. The van der Waals surface area contributed by atoms with E-state index in [2.05, 4.69) is 5.48 Å². The molecule has 6 nitrogen and oxygen atoms in total. The van der Waals surface area contributed by atoms with Gasteiger partial charge in [0.25, 0.3) is 0 Å². The van der Waals surface area contributed by atoms with E-state index < -0.39 is 30.1 Å². The summed E-state index contributed by atoms with van der Waals surface area (Å²) in [6.45, 7) is 1.52. The van der Waals surface area contributed by atoms with Crippen LogP contribution in [0.25, 0.3) is 0 Å². The first-order chi connectivity index (χ1) is 12.3. The summed E-state index contributed by atoms with van der Waals surface area (Å²) in [6.07, 6.45) is -4.62. The first-order valence-electron chi connectivity index (χ1n) is 8.28. The van der Waals surface area contributed by atoms with Gasteiger partial charge in [-0.2, -0.15) is 18.7 Å². The number of hydroxylamine groups is 1. The number of esters is 1. The van der Waals surface area contributed by atoms with E-state index in [1.54, 1.807) is 6.92 Å². The lowest BCUT2D eigenvalue weighted by atomic mass is 9.98. The third-order valence-corrected chi connectivity index (χ3v) is 3.98. The molecule has 2 atom stereocenters. The van der Waals surface area contributed by atoms with E-state index in [9.17, 15) is 22.8 Å². The molecule has 0 radical (unpaired) electrons. The number of rotatable bonds is 6. The average molecular weight is 374 g/mol. The molecule has 0 saturated carbocycles. The Morgan fingerprint density at radius 3 is 2.54 bits per heavy atom. The Morgan fingerprint density at radius 1 is 1.23 bits per heavy atom. The number of amides is 1. The van der Waals surface area contributed by atoms with Crippen molar-refractivity contribution in [2.45, 2.75) is 44.6 Å². The van der Waals surface area contributed by atoms with E-state index in [1.807, 2.05) is 30.3 Å². The first-order valence-corrected chi connectivity index (χ1v) is 8.28. The molecule has 1 aromatic carbocycles. The normalized spacial score (nSPS) is 20.7. The molecule has 0 bridgehead atoms. The van der Waals surface area contributed by atoms with Crippen LogP contribution in [0, 0.1) is 0 Å². The second-order valence-corrected chi connectivity index (χ2v) is 5.89. The molecule has 144 valence electrons. The minimum Gasteiger partial charge on any atom is -0.464 e. The van der Waals surface area contributed by atoms with Crippen molar-refractivity contribution in [1.82, 2.24) is 10.4 Å². The Kier molecular flexibility index (Phi) is 6.98. The Hall–Kier alpha value is -2.13. The molecule has 0 aliphatic carbocycles. The number of hydrogen-bond donors (Lipinski definition) is 1. The van der Waals surface area contributed by atoms with Gasteiger partial charge in [-0.3, -0.25) is 9.63 Å².